The molecule has 1 aromatic heterocycles. The lowest BCUT2D eigenvalue weighted by molar-refractivity contribution is -0.118. The molecule has 0 atom stereocenters. The summed E-state index contributed by atoms with van der Waals surface area (Å²) in [6, 6.07) is 7.36. The lowest BCUT2D eigenvalue weighted by atomic mass is 10.2. The van der Waals surface area contributed by atoms with Crippen LogP contribution < -0.4 is 21.2 Å². The number of aromatic nitrogens is 1. The smallest absolute Gasteiger partial charge is 0.262 e. The summed E-state index contributed by atoms with van der Waals surface area (Å²) in [5.41, 5.74) is 5.31. The van der Waals surface area contributed by atoms with Gasteiger partial charge in [-0.05, 0) is 24.3 Å². The highest BCUT2D eigenvalue weighted by Crippen LogP contribution is 2.11. The second-order valence-electron chi connectivity index (χ2n) is 4.15. The predicted octanol–water partition coefficient (Wildman–Crippen LogP) is 0.491. The molecular formula is C14H13N3O4. The quantitative estimate of drug-likeness (QED) is 0.742. The molecule has 0 aliphatic rings. The van der Waals surface area contributed by atoms with Gasteiger partial charge in [-0.2, -0.15) is 0 Å². The predicted molar refractivity (Wildman–Crippen MR) is 76.1 cm³/mol. The Labute approximate surface area is 119 Å². The van der Waals surface area contributed by atoms with Crippen LogP contribution >= 0.6 is 0 Å². The molecule has 0 unspecified atom stereocenters. The second-order valence-corrected chi connectivity index (χ2v) is 4.15. The van der Waals surface area contributed by atoms with Crippen molar-refractivity contribution in [3.63, 3.8) is 0 Å². The fraction of sp³-hybridized carbons (Fsp3) is 0.0714. The van der Waals surface area contributed by atoms with E-state index < -0.39 is 11.8 Å². The van der Waals surface area contributed by atoms with Crippen molar-refractivity contribution in [2.75, 3.05) is 11.9 Å². The number of primary amides is 1. The van der Waals surface area contributed by atoms with Crippen molar-refractivity contribution in [3.05, 3.63) is 58.5 Å². The molecule has 2 aromatic rings. The highest BCUT2D eigenvalue weighted by molar-refractivity contribution is 5.93. The molecule has 7 heteroatoms. The number of benzene rings is 1. The summed E-state index contributed by atoms with van der Waals surface area (Å²) in [6.45, 7) is -0.260. The standard InChI is InChI=1S/C14H13N3O4/c15-14(20)9-1-3-10(4-2-9)21-8-13(19)17-11-7-16-6-5-12(11)18/h1-7H,8H2,(H2,15,20)(H,16,18)(H,17,19). The number of rotatable bonds is 5. The minimum Gasteiger partial charge on any atom is -0.484 e. The largest absolute Gasteiger partial charge is 0.484 e. The molecule has 0 bridgehead atoms. The third-order valence-electron chi connectivity index (χ3n) is 2.61. The lowest BCUT2D eigenvalue weighted by Crippen LogP contribution is -2.23. The van der Waals surface area contributed by atoms with Crippen LogP contribution in [0.2, 0.25) is 0 Å². The number of amides is 2. The molecule has 1 heterocycles. The molecule has 21 heavy (non-hydrogen) atoms. The maximum atomic E-state index is 11.7. The number of anilines is 1. The molecule has 0 saturated heterocycles. The van der Waals surface area contributed by atoms with Crippen LogP contribution in [-0.2, 0) is 4.79 Å². The summed E-state index contributed by atoms with van der Waals surface area (Å²) < 4.78 is 5.24. The van der Waals surface area contributed by atoms with E-state index in [-0.39, 0.29) is 17.7 Å². The number of carbonyl (C=O) groups is 2. The molecule has 0 aliphatic carbocycles. The molecule has 2 rings (SSSR count). The number of pyridine rings is 1. The van der Waals surface area contributed by atoms with E-state index in [1.165, 1.54) is 42.7 Å². The SMILES string of the molecule is NC(=O)c1ccc(OCC(=O)Nc2c[nH]ccc2=O)cc1. The number of nitrogens with one attached hydrogen (secondary N) is 2. The molecule has 1 aromatic carbocycles. The first-order valence-corrected chi connectivity index (χ1v) is 6.06. The van der Waals surface area contributed by atoms with Gasteiger partial charge in [-0.3, -0.25) is 14.4 Å². The zero-order valence-electron chi connectivity index (χ0n) is 11.0. The number of nitrogens with two attached hydrogens (primary N) is 1. The van der Waals surface area contributed by atoms with Gasteiger partial charge in [0.05, 0.1) is 0 Å². The molecule has 0 aliphatic heterocycles. The van der Waals surface area contributed by atoms with E-state index in [1.54, 1.807) is 0 Å². The molecule has 7 nitrogen and oxygen atoms in total. The fourth-order valence-corrected chi connectivity index (χ4v) is 1.56. The summed E-state index contributed by atoms with van der Waals surface area (Å²) in [5.74, 6) is -0.592. The first kappa shape index (κ1) is 14.3. The van der Waals surface area contributed by atoms with Crippen LogP contribution in [0.1, 0.15) is 10.4 Å². The average Bonchev–Trinajstić information content (AvgIpc) is 2.48. The summed E-state index contributed by atoms with van der Waals surface area (Å²) in [4.78, 5) is 36.7. The van der Waals surface area contributed by atoms with Gasteiger partial charge in [0, 0.05) is 24.0 Å². The monoisotopic (exact) mass is 287 g/mol. The highest BCUT2D eigenvalue weighted by atomic mass is 16.5. The molecule has 2 amide bonds. The van der Waals surface area contributed by atoms with E-state index in [1.807, 2.05) is 0 Å². The Bertz CT molecular complexity index is 707. The highest BCUT2D eigenvalue weighted by Gasteiger charge is 2.06. The van der Waals surface area contributed by atoms with Gasteiger partial charge in [-0.1, -0.05) is 0 Å². The summed E-state index contributed by atoms with van der Waals surface area (Å²) in [5, 5.41) is 2.43. The maximum absolute atomic E-state index is 11.7. The molecular weight excluding hydrogens is 274 g/mol. The normalized spacial score (nSPS) is 9.90. The van der Waals surface area contributed by atoms with Crippen LogP contribution in [0, 0.1) is 0 Å². The van der Waals surface area contributed by atoms with Gasteiger partial charge in [0.1, 0.15) is 11.4 Å². The number of hydrogen-bond acceptors (Lipinski definition) is 4. The van der Waals surface area contributed by atoms with Gasteiger partial charge in [-0.15, -0.1) is 0 Å². The molecule has 108 valence electrons. The van der Waals surface area contributed by atoms with Gasteiger partial charge in [0.25, 0.3) is 5.91 Å². The van der Waals surface area contributed by atoms with Crippen LogP contribution in [0.3, 0.4) is 0 Å². The minimum atomic E-state index is -0.539. The zero-order valence-corrected chi connectivity index (χ0v) is 11.0. The van der Waals surface area contributed by atoms with Gasteiger partial charge >= 0.3 is 0 Å². The Morgan fingerprint density at radius 2 is 1.90 bits per heavy atom. The lowest BCUT2D eigenvalue weighted by Gasteiger charge is -2.07. The van der Waals surface area contributed by atoms with Crippen molar-refractivity contribution in [1.29, 1.82) is 0 Å². The van der Waals surface area contributed by atoms with Crippen molar-refractivity contribution in [3.8, 4) is 5.75 Å². The Balaban J connectivity index is 1.91. The molecule has 0 spiro atoms. The molecule has 4 N–H and O–H groups in total. The van der Waals surface area contributed by atoms with Crippen LogP contribution in [0.5, 0.6) is 5.75 Å². The van der Waals surface area contributed by atoms with Crippen LogP contribution in [0.4, 0.5) is 5.69 Å². The first-order chi connectivity index (χ1) is 10.1. The van der Waals surface area contributed by atoms with E-state index in [0.717, 1.165) is 0 Å². The van der Waals surface area contributed by atoms with Crippen molar-refractivity contribution in [2.45, 2.75) is 0 Å². The summed E-state index contributed by atoms with van der Waals surface area (Å²) in [6.07, 6.45) is 2.86. The van der Waals surface area contributed by atoms with Crippen LogP contribution in [0.25, 0.3) is 0 Å². The van der Waals surface area contributed by atoms with E-state index in [0.29, 0.717) is 11.3 Å². The van der Waals surface area contributed by atoms with E-state index in [4.69, 9.17) is 10.5 Å². The summed E-state index contributed by atoms with van der Waals surface area (Å²) >= 11 is 0. The molecule has 0 radical (unpaired) electrons. The van der Waals surface area contributed by atoms with Crippen molar-refractivity contribution >= 4 is 17.5 Å². The number of hydrogen-bond donors (Lipinski definition) is 3. The van der Waals surface area contributed by atoms with Crippen molar-refractivity contribution in [2.24, 2.45) is 5.73 Å². The second kappa shape index (κ2) is 6.38. The average molecular weight is 287 g/mol. The Morgan fingerprint density at radius 1 is 1.19 bits per heavy atom. The number of H-pyrrole nitrogens is 1. The van der Waals surface area contributed by atoms with Gasteiger partial charge in [0.2, 0.25) is 11.3 Å². The fourth-order valence-electron chi connectivity index (χ4n) is 1.56. The topological polar surface area (TPSA) is 114 Å². The van der Waals surface area contributed by atoms with Gasteiger partial charge < -0.3 is 20.8 Å². The number of aromatic amines is 1. The first-order valence-electron chi connectivity index (χ1n) is 6.06. The maximum Gasteiger partial charge on any atom is 0.262 e. The van der Waals surface area contributed by atoms with Crippen LogP contribution in [0.15, 0.2) is 47.5 Å². The summed E-state index contributed by atoms with van der Waals surface area (Å²) in [7, 11) is 0. The van der Waals surface area contributed by atoms with Gasteiger partial charge in [-0.25, -0.2) is 0 Å². The number of carbonyl (C=O) groups excluding carboxylic acids is 2. The minimum absolute atomic E-state index is 0.148. The third-order valence-corrected chi connectivity index (χ3v) is 2.61. The van der Waals surface area contributed by atoms with E-state index >= 15 is 0 Å². The van der Waals surface area contributed by atoms with Crippen LogP contribution in [-0.4, -0.2) is 23.4 Å². The Morgan fingerprint density at radius 3 is 2.52 bits per heavy atom. The van der Waals surface area contributed by atoms with Gasteiger partial charge in [0.15, 0.2) is 6.61 Å². The Hall–Kier alpha value is -3.09. The zero-order chi connectivity index (χ0) is 15.2. The number of ether oxygens (including phenoxy) is 1. The molecule has 0 fully saturated rings. The third kappa shape index (κ3) is 3.93. The Kier molecular flexibility index (Phi) is 4.35. The van der Waals surface area contributed by atoms with E-state index in [2.05, 4.69) is 10.3 Å². The van der Waals surface area contributed by atoms with E-state index in [9.17, 15) is 14.4 Å². The van der Waals surface area contributed by atoms with Crippen molar-refractivity contribution < 1.29 is 14.3 Å². The van der Waals surface area contributed by atoms with Crippen molar-refractivity contribution in [1.82, 2.24) is 4.98 Å². The molecule has 0 saturated carbocycles.